The molecular weight excluding hydrogens is 387 g/mol. The van der Waals surface area contributed by atoms with Crippen molar-refractivity contribution in [3.63, 3.8) is 0 Å². The van der Waals surface area contributed by atoms with Crippen LogP contribution in [0.5, 0.6) is 0 Å². The van der Waals surface area contributed by atoms with Crippen molar-refractivity contribution in [3.05, 3.63) is 58.9 Å². The molecule has 138 valence electrons. The van der Waals surface area contributed by atoms with Crippen LogP contribution in [-0.2, 0) is 14.8 Å². The number of carbonyl (C=O) groups is 2. The van der Waals surface area contributed by atoms with Crippen LogP contribution in [0.3, 0.4) is 0 Å². The van der Waals surface area contributed by atoms with Crippen LogP contribution in [0.2, 0.25) is 5.02 Å². The first kappa shape index (κ1) is 19.7. The molecule has 10 heteroatoms. The SMILES string of the molecule is O=C(O)CCNC(=O)c1ccc(NS(=O)(=O)c2ccc(F)cc2Cl)cc1. The quantitative estimate of drug-likeness (QED) is 0.661. The number of halogens is 2. The lowest BCUT2D eigenvalue weighted by atomic mass is 10.2. The molecule has 0 aromatic heterocycles. The topological polar surface area (TPSA) is 113 Å². The third-order valence-corrected chi connectivity index (χ3v) is 5.07. The highest BCUT2D eigenvalue weighted by molar-refractivity contribution is 7.92. The molecule has 0 saturated heterocycles. The van der Waals surface area contributed by atoms with Gasteiger partial charge in [0.25, 0.3) is 15.9 Å². The number of carbonyl (C=O) groups excluding carboxylic acids is 1. The van der Waals surface area contributed by atoms with Crippen molar-refractivity contribution in [1.82, 2.24) is 5.32 Å². The molecule has 0 spiro atoms. The second kappa shape index (κ2) is 8.15. The number of aliphatic carboxylic acids is 1. The summed E-state index contributed by atoms with van der Waals surface area (Å²) in [6.45, 7) is -0.0222. The highest BCUT2D eigenvalue weighted by atomic mass is 35.5. The third-order valence-electron chi connectivity index (χ3n) is 3.21. The zero-order valence-corrected chi connectivity index (χ0v) is 14.8. The van der Waals surface area contributed by atoms with Gasteiger partial charge in [-0.1, -0.05) is 11.6 Å². The van der Waals surface area contributed by atoms with Crippen LogP contribution in [-0.4, -0.2) is 31.9 Å². The van der Waals surface area contributed by atoms with Gasteiger partial charge in [0.2, 0.25) is 0 Å². The molecule has 3 N–H and O–H groups in total. The van der Waals surface area contributed by atoms with Crippen LogP contribution < -0.4 is 10.0 Å². The predicted molar refractivity (Wildman–Crippen MR) is 93.2 cm³/mol. The minimum absolute atomic E-state index is 0.0222. The number of nitrogens with one attached hydrogen (secondary N) is 2. The molecule has 2 aromatic carbocycles. The van der Waals surface area contributed by atoms with Crippen molar-refractivity contribution in [2.24, 2.45) is 0 Å². The van der Waals surface area contributed by atoms with Gasteiger partial charge in [-0.3, -0.25) is 14.3 Å². The molecule has 7 nitrogen and oxygen atoms in total. The van der Waals surface area contributed by atoms with E-state index in [-0.39, 0.29) is 34.1 Å². The van der Waals surface area contributed by atoms with E-state index in [0.29, 0.717) is 0 Å². The number of carboxylic acid groups (broad SMARTS) is 1. The molecular formula is C16H14ClFN2O5S. The van der Waals surface area contributed by atoms with Gasteiger partial charge >= 0.3 is 5.97 Å². The Bertz CT molecular complexity index is 932. The standard InChI is InChI=1S/C16H14ClFN2O5S/c17-13-9-11(18)3-6-14(13)26(24,25)20-12-4-1-10(2-5-12)16(23)19-8-7-15(21)22/h1-6,9,20H,7-8H2,(H,19,23)(H,21,22). The molecule has 0 atom stereocenters. The Balaban J connectivity index is 2.08. The number of carboxylic acids is 1. The van der Waals surface area contributed by atoms with Crippen LogP contribution in [0.25, 0.3) is 0 Å². The molecule has 0 unspecified atom stereocenters. The molecule has 0 aliphatic rings. The second-order valence-electron chi connectivity index (χ2n) is 5.16. The summed E-state index contributed by atoms with van der Waals surface area (Å²) < 4.78 is 39.9. The summed E-state index contributed by atoms with van der Waals surface area (Å²) in [4.78, 5) is 22.0. The van der Waals surface area contributed by atoms with Crippen LogP contribution in [0.1, 0.15) is 16.8 Å². The van der Waals surface area contributed by atoms with Crippen LogP contribution in [0.15, 0.2) is 47.4 Å². The Labute approximate surface area is 153 Å². The summed E-state index contributed by atoms with van der Waals surface area (Å²) in [5.41, 5.74) is 0.408. The first-order valence-corrected chi connectivity index (χ1v) is 9.13. The van der Waals surface area contributed by atoms with E-state index in [0.717, 1.165) is 18.2 Å². The Kier molecular flexibility index (Phi) is 6.17. The van der Waals surface area contributed by atoms with Crippen molar-refractivity contribution >= 4 is 39.2 Å². The second-order valence-corrected chi connectivity index (χ2v) is 7.22. The van der Waals surface area contributed by atoms with E-state index in [2.05, 4.69) is 10.0 Å². The summed E-state index contributed by atoms with van der Waals surface area (Å²) in [6.07, 6.45) is -0.206. The van der Waals surface area contributed by atoms with Gasteiger partial charge in [-0.05, 0) is 42.5 Å². The number of anilines is 1. The lowest BCUT2D eigenvalue weighted by Crippen LogP contribution is -2.25. The third kappa shape index (κ3) is 5.17. The smallest absolute Gasteiger partial charge is 0.305 e. The lowest BCUT2D eigenvalue weighted by Gasteiger charge is -2.10. The van der Waals surface area contributed by atoms with E-state index in [1.54, 1.807) is 0 Å². The minimum atomic E-state index is -4.03. The van der Waals surface area contributed by atoms with E-state index in [1.807, 2.05) is 0 Å². The Morgan fingerprint density at radius 3 is 2.35 bits per heavy atom. The summed E-state index contributed by atoms with van der Waals surface area (Å²) in [7, 11) is -4.03. The van der Waals surface area contributed by atoms with E-state index in [9.17, 15) is 22.4 Å². The van der Waals surface area contributed by atoms with Crippen molar-refractivity contribution in [2.75, 3.05) is 11.3 Å². The van der Waals surface area contributed by atoms with Gasteiger partial charge in [0.1, 0.15) is 10.7 Å². The van der Waals surface area contributed by atoms with E-state index < -0.39 is 27.7 Å². The van der Waals surface area contributed by atoms with E-state index in [1.165, 1.54) is 24.3 Å². The van der Waals surface area contributed by atoms with Gasteiger partial charge in [0.05, 0.1) is 11.4 Å². The van der Waals surface area contributed by atoms with Crippen LogP contribution >= 0.6 is 11.6 Å². The zero-order chi connectivity index (χ0) is 19.3. The maximum atomic E-state index is 13.0. The van der Waals surface area contributed by atoms with Gasteiger partial charge in [-0.15, -0.1) is 0 Å². The van der Waals surface area contributed by atoms with Gasteiger partial charge in [0.15, 0.2) is 0 Å². The Hall–Kier alpha value is -2.65. The van der Waals surface area contributed by atoms with E-state index >= 15 is 0 Å². The maximum Gasteiger partial charge on any atom is 0.305 e. The molecule has 2 aromatic rings. The van der Waals surface area contributed by atoms with Gasteiger partial charge < -0.3 is 10.4 Å². The van der Waals surface area contributed by atoms with Gasteiger partial charge in [-0.25, -0.2) is 12.8 Å². The van der Waals surface area contributed by atoms with Crippen molar-refractivity contribution in [3.8, 4) is 0 Å². The number of amides is 1. The zero-order valence-electron chi connectivity index (χ0n) is 13.2. The maximum absolute atomic E-state index is 13.0. The lowest BCUT2D eigenvalue weighted by molar-refractivity contribution is -0.136. The van der Waals surface area contributed by atoms with Gasteiger partial charge in [-0.2, -0.15) is 0 Å². The van der Waals surface area contributed by atoms with Crippen molar-refractivity contribution in [2.45, 2.75) is 11.3 Å². The molecule has 0 radical (unpaired) electrons. The largest absolute Gasteiger partial charge is 0.481 e. The molecule has 0 fully saturated rings. The molecule has 0 aliphatic carbocycles. The predicted octanol–water partition coefficient (Wildman–Crippen LogP) is 2.48. The summed E-state index contributed by atoms with van der Waals surface area (Å²) in [6, 6.07) is 8.39. The fourth-order valence-corrected chi connectivity index (χ4v) is 3.57. The monoisotopic (exact) mass is 400 g/mol. The average Bonchev–Trinajstić information content (AvgIpc) is 2.54. The number of sulfonamides is 1. The number of benzene rings is 2. The molecule has 0 heterocycles. The normalized spacial score (nSPS) is 11.0. The van der Waals surface area contributed by atoms with Crippen LogP contribution in [0.4, 0.5) is 10.1 Å². The number of rotatable bonds is 7. The summed E-state index contributed by atoms with van der Waals surface area (Å²) in [5.74, 6) is -2.18. The molecule has 2 rings (SSSR count). The molecule has 1 amide bonds. The highest BCUT2D eigenvalue weighted by Gasteiger charge is 2.18. The number of hydrogen-bond acceptors (Lipinski definition) is 4. The van der Waals surface area contributed by atoms with Crippen LogP contribution in [0, 0.1) is 5.82 Å². The minimum Gasteiger partial charge on any atom is -0.481 e. The average molecular weight is 401 g/mol. The molecule has 26 heavy (non-hydrogen) atoms. The first-order valence-electron chi connectivity index (χ1n) is 7.27. The first-order chi connectivity index (χ1) is 12.2. The molecule has 0 aliphatic heterocycles. The summed E-state index contributed by atoms with van der Waals surface area (Å²) in [5, 5.41) is 10.7. The Morgan fingerprint density at radius 1 is 1.12 bits per heavy atom. The van der Waals surface area contributed by atoms with Gasteiger partial charge in [0, 0.05) is 17.8 Å². The Morgan fingerprint density at radius 2 is 1.77 bits per heavy atom. The fraction of sp³-hybridized carbons (Fsp3) is 0.125. The van der Waals surface area contributed by atoms with Crippen molar-refractivity contribution < 1.29 is 27.5 Å². The fourth-order valence-electron chi connectivity index (χ4n) is 1.98. The number of hydrogen-bond donors (Lipinski definition) is 3. The molecule has 0 bridgehead atoms. The molecule has 0 saturated carbocycles. The van der Waals surface area contributed by atoms with E-state index in [4.69, 9.17) is 16.7 Å². The highest BCUT2D eigenvalue weighted by Crippen LogP contribution is 2.24. The van der Waals surface area contributed by atoms with Crippen molar-refractivity contribution in [1.29, 1.82) is 0 Å². The summed E-state index contributed by atoms with van der Waals surface area (Å²) >= 11 is 5.76.